The zero-order chi connectivity index (χ0) is 15.3. The molecule has 0 saturated heterocycles. The van der Waals surface area contributed by atoms with Gasteiger partial charge in [-0.25, -0.2) is 0 Å². The largest absolute Gasteiger partial charge is 0.512 e. The van der Waals surface area contributed by atoms with E-state index in [0.717, 1.165) is 0 Å². The zero-order valence-corrected chi connectivity index (χ0v) is 12.2. The lowest BCUT2D eigenvalue weighted by Crippen LogP contribution is -2.18. The van der Waals surface area contributed by atoms with Gasteiger partial charge < -0.3 is 10.4 Å². The molecule has 0 aromatic heterocycles. The van der Waals surface area contributed by atoms with Crippen molar-refractivity contribution in [1.29, 1.82) is 0 Å². The summed E-state index contributed by atoms with van der Waals surface area (Å²) in [4.78, 5) is 26.9. The maximum atomic E-state index is 11.6. The van der Waals surface area contributed by atoms with E-state index in [1.54, 1.807) is 18.2 Å². The van der Waals surface area contributed by atoms with Crippen LogP contribution >= 0.6 is 11.6 Å². The van der Waals surface area contributed by atoms with Crippen molar-refractivity contribution < 1.29 is 14.7 Å². The highest BCUT2D eigenvalue weighted by Gasteiger charge is 2.12. The van der Waals surface area contributed by atoms with E-state index >= 15 is 0 Å². The third kappa shape index (κ3) is 3.68. The third-order valence-electron chi connectivity index (χ3n) is 2.55. The summed E-state index contributed by atoms with van der Waals surface area (Å²) in [7, 11) is 1.50. The number of carbonyl (C=O) groups excluding carboxylic acids is 2. The van der Waals surface area contributed by atoms with Crippen molar-refractivity contribution in [1.82, 2.24) is 5.32 Å². The first-order valence-corrected chi connectivity index (χ1v) is 6.21. The van der Waals surface area contributed by atoms with E-state index < -0.39 is 0 Å². The molecule has 0 unspecified atom stereocenters. The summed E-state index contributed by atoms with van der Waals surface area (Å²) < 4.78 is 0. The van der Waals surface area contributed by atoms with Crippen LogP contribution in [0.15, 0.2) is 34.5 Å². The molecule has 1 rings (SSSR count). The van der Waals surface area contributed by atoms with Crippen LogP contribution in [0.2, 0.25) is 5.02 Å². The first-order chi connectivity index (χ1) is 9.38. The zero-order valence-electron chi connectivity index (χ0n) is 11.4. The minimum absolute atomic E-state index is 0.0893. The summed E-state index contributed by atoms with van der Waals surface area (Å²) >= 11 is 6.09. The number of rotatable bonds is 4. The van der Waals surface area contributed by atoms with Crippen LogP contribution in [-0.2, 0) is 4.79 Å². The highest BCUT2D eigenvalue weighted by atomic mass is 35.5. The van der Waals surface area contributed by atoms with E-state index in [4.69, 9.17) is 11.6 Å². The average Bonchev–Trinajstić information content (AvgIpc) is 2.39. The molecule has 0 spiro atoms. The smallest absolute Gasteiger partial charge is 0.252 e. The van der Waals surface area contributed by atoms with Gasteiger partial charge in [-0.3, -0.25) is 14.6 Å². The number of hydrogen-bond acceptors (Lipinski definition) is 4. The fourth-order valence-corrected chi connectivity index (χ4v) is 1.76. The minimum Gasteiger partial charge on any atom is -0.512 e. The number of nitrogens with zero attached hydrogens (tertiary/aromatic N) is 1. The number of ketones is 1. The van der Waals surface area contributed by atoms with Crippen molar-refractivity contribution in [2.24, 2.45) is 4.99 Å². The van der Waals surface area contributed by atoms with E-state index in [9.17, 15) is 14.7 Å². The number of hydrogen-bond donors (Lipinski definition) is 2. The average molecular weight is 295 g/mol. The Labute approximate surface area is 122 Å². The van der Waals surface area contributed by atoms with Crippen LogP contribution in [0.25, 0.3) is 0 Å². The highest BCUT2D eigenvalue weighted by Crippen LogP contribution is 2.28. The highest BCUT2D eigenvalue weighted by molar-refractivity contribution is 6.36. The number of benzene rings is 1. The Bertz CT molecular complexity index is 602. The second-order valence-electron chi connectivity index (χ2n) is 4.03. The standard InChI is InChI=1S/C14H15ClN2O3/c1-8(18)11(9(2)19)7-17-12-6-4-5-10(13(12)15)14(20)16-3/h4-7,18H,1-3H3,(H,16,20). The summed E-state index contributed by atoms with van der Waals surface area (Å²) in [5.74, 6) is -0.764. The van der Waals surface area contributed by atoms with Crippen LogP contribution in [-0.4, -0.2) is 30.1 Å². The van der Waals surface area contributed by atoms with Crippen molar-refractivity contribution in [3.05, 3.63) is 40.1 Å². The van der Waals surface area contributed by atoms with Gasteiger partial charge in [0.1, 0.15) is 5.76 Å². The molecular formula is C14H15ClN2O3. The van der Waals surface area contributed by atoms with Crippen molar-refractivity contribution in [2.45, 2.75) is 13.8 Å². The molecule has 0 bridgehead atoms. The molecule has 1 amide bonds. The predicted molar refractivity (Wildman–Crippen MR) is 79.0 cm³/mol. The first kappa shape index (κ1) is 15.9. The molecule has 0 atom stereocenters. The molecule has 0 radical (unpaired) electrons. The predicted octanol–water partition coefficient (Wildman–Crippen LogP) is 2.82. The molecule has 6 heteroatoms. The van der Waals surface area contributed by atoms with Gasteiger partial charge in [0.25, 0.3) is 5.91 Å². The van der Waals surface area contributed by atoms with Crippen LogP contribution in [0.1, 0.15) is 24.2 Å². The molecule has 0 fully saturated rings. The fourth-order valence-electron chi connectivity index (χ4n) is 1.50. The quantitative estimate of drug-likeness (QED) is 0.509. The lowest BCUT2D eigenvalue weighted by atomic mass is 10.1. The SMILES string of the molecule is CNC(=O)c1cccc(N=CC(C(C)=O)=C(C)O)c1Cl. The van der Waals surface area contributed by atoms with Gasteiger partial charge in [-0.05, 0) is 26.0 Å². The monoisotopic (exact) mass is 294 g/mol. The number of carbonyl (C=O) groups is 2. The van der Waals surface area contributed by atoms with E-state index in [-0.39, 0.29) is 33.6 Å². The molecule has 20 heavy (non-hydrogen) atoms. The summed E-state index contributed by atoms with van der Waals surface area (Å²) in [6, 6.07) is 4.81. The van der Waals surface area contributed by atoms with Crippen LogP contribution in [0.5, 0.6) is 0 Å². The summed E-state index contributed by atoms with van der Waals surface area (Å²) in [5.41, 5.74) is 0.720. The molecule has 1 aromatic carbocycles. The van der Waals surface area contributed by atoms with Gasteiger partial charge in [-0.1, -0.05) is 17.7 Å². The molecule has 0 aliphatic rings. The number of nitrogens with one attached hydrogen (secondary N) is 1. The maximum Gasteiger partial charge on any atom is 0.252 e. The van der Waals surface area contributed by atoms with Crippen LogP contribution < -0.4 is 5.32 Å². The maximum absolute atomic E-state index is 11.6. The molecule has 0 saturated carbocycles. The Morgan fingerprint density at radius 1 is 1.35 bits per heavy atom. The Balaban J connectivity index is 3.20. The van der Waals surface area contributed by atoms with Gasteiger partial charge in [-0.2, -0.15) is 0 Å². The van der Waals surface area contributed by atoms with Gasteiger partial charge in [0.2, 0.25) is 0 Å². The normalized spacial score (nSPS) is 12.2. The van der Waals surface area contributed by atoms with Crippen molar-refractivity contribution in [3.63, 3.8) is 0 Å². The number of aliphatic imine (C=N–C) groups is 1. The Morgan fingerprint density at radius 2 is 2.00 bits per heavy atom. The van der Waals surface area contributed by atoms with E-state index in [2.05, 4.69) is 10.3 Å². The third-order valence-corrected chi connectivity index (χ3v) is 2.95. The topological polar surface area (TPSA) is 78.8 Å². The lowest BCUT2D eigenvalue weighted by molar-refractivity contribution is -0.113. The number of Topliss-reactive ketones (excluding diaryl/α,β-unsaturated/α-hetero) is 1. The Hall–Kier alpha value is -2.14. The van der Waals surface area contributed by atoms with Gasteiger partial charge in [-0.15, -0.1) is 0 Å². The minimum atomic E-state index is -0.326. The van der Waals surface area contributed by atoms with E-state index in [1.165, 1.54) is 27.1 Å². The second kappa shape index (κ2) is 6.86. The molecule has 0 aliphatic carbocycles. The molecule has 2 N–H and O–H groups in total. The first-order valence-electron chi connectivity index (χ1n) is 5.84. The fraction of sp³-hybridized carbons (Fsp3) is 0.214. The van der Waals surface area contributed by atoms with Gasteiger partial charge >= 0.3 is 0 Å². The number of halogens is 1. The number of aliphatic hydroxyl groups is 1. The van der Waals surface area contributed by atoms with Crippen molar-refractivity contribution >= 4 is 35.2 Å². The number of allylic oxidation sites excluding steroid dienone is 2. The summed E-state index contributed by atoms with van der Waals surface area (Å²) in [6.45, 7) is 2.72. The van der Waals surface area contributed by atoms with Crippen molar-refractivity contribution in [2.75, 3.05) is 7.05 Å². The van der Waals surface area contributed by atoms with E-state index in [0.29, 0.717) is 5.69 Å². The number of amides is 1. The molecular weight excluding hydrogens is 280 g/mol. The Morgan fingerprint density at radius 3 is 2.50 bits per heavy atom. The van der Waals surface area contributed by atoms with Crippen LogP contribution in [0.4, 0.5) is 5.69 Å². The van der Waals surface area contributed by atoms with Gasteiger partial charge in [0, 0.05) is 13.3 Å². The molecule has 0 heterocycles. The molecule has 0 aliphatic heterocycles. The van der Waals surface area contributed by atoms with E-state index in [1.807, 2.05) is 0 Å². The number of aliphatic hydroxyl groups excluding tert-OH is 1. The molecule has 106 valence electrons. The van der Waals surface area contributed by atoms with Gasteiger partial charge in [0.15, 0.2) is 5.78 Å². The summed E-state index contributed by atoms with van der Waals surface area (Å²) in [6.07, 6.45) is 1.23. The van der Waals surface area contributed by atoms with Crippen LogP contribution in [0, 0.1) is 0 Å². The molecule has 5 nitrogen and oxygen atoms in total. The van der Waals surface area contributed by atoms with Crippen molar-refractivity contribution in [3.8, 4) is 0 Å². The molecule has 1 aromatic rings. The van der Waals surface area contributed by atoms with Gasteiger partial charge in [0.05, 0.1) is 21.8 Å². The Kier molecular flexibility index (Phi) is 5.46. The van der Waals surface area contributed by atoms with Crippen LogP contribution in [0.3, 0.4) is 0 Å². The lowest BCUT2D eigenvalue weighted by Gasteiger charge is -2.05. The summed E-state index contributed by atoms with van der Waals surface area (Å²) in [5, 5.41) is 12.0. The second-order valence-corrected chi connectivity index (χ2v) is 4.41.